The second-order valence-corrected chi connectivity index (χ2v) is 9.28. The number of amides is 1. The molecule has 3 aromatic carbocycles. The number of carbonyl (C=O) groups excluding carboxylic acids is 2. The Bertz CT molecular complexity index is 1280. The van der Waals surface area contributed by atoms with Crippen LogP contribution >= 0.6 is 0 Å². The zero-order valence-corrected chi connectivity index (χ0v) is 21.7. The summed E-state index contributed by atoms with van der Waals surface area (Å²) in [4.78, 5) is 28.2. The van der Waals surface area contributed by atoms with E-state index in [2.05, 4.69) is 0 Å². The molecule has 0 saturated carbocycles. The van der Waals surface area contributed by atoms with Crippen LogP contribution in [-0.2, 0) is 38.6 Å². The first-order chi connectivity index (χ1) is 18.7. The minimum absolute atomic E-state index is 0.0155. The first kappa shape index (κ1) is 28.2. The number of nitrogens with zero attached hydrogens (tertiary/aromatic N) is 1. The van der Waals surface area contributed by atoms with Gasteiger partial charge < -0.3 is 19.1 Å². The van der Waals surface area contributed by atoms with E-state index in [1.54, 1.807) is 25.1 Å². The number of hydrogen-bond donors (Lipinski definition) is 0. The van der Waals surface area contributed by atoms with Gasteiger partial charge in [-0.05, 0) is 36.1 Å². The predicted octanol–water partition coefficient (Wildman–Crippen LogP) is 5.71. The standard InChI is InChI=1S/C30H30F3NO5/c1-3-37-29(36)25-16-24-23(15-14-20(2)26(24)38-18-21-10-6-4-7-11-21)17-34(25)28(35)27(39-19-30(31,32)33)22-12-8-5-9-13-22/h4-15,25,27H,3,16-19H2,1-2H3/t25-,27?/m0/s1. The van der Waals surface area contributed by atoms with Gasteiger partial charge in [-0.25, -0.2) is 4.79 Å². The van der Waals surface area contributed by atoms with Gasteiger partial charge in [0.2, 0.25) is 0 Å². The van der Waals surface area contributed by atoms with Crippen LogP contribution in [0.2, 0.25) is 0 Å². The van der Waals surface area contributed by atoms with Crippen molar-refractivity contribution in [3.8, 4) is 5.75 Å². The summed E-state index contributed by atoms with van der Waals surface area (Å²) in [5, 5.41) is 0. The zero-order valence-electron chi connectivity index (χ0n) is 21.7. The minimum atomic E-state index is -4.63. The number of hydrogen-bond acceptors (Lipinski definition) is 5. The predicted molar refractivity (Wildman–Crippen MR) is 138 cm³/mol. The minimum Gasteiger partial charge on any atom is -0.488 e. The van der Waals surface area contributed by atoms with Crippen LogP contribution in [0, 0.1) is 6.92 Å². The maximum absolute atomic E-state index is 13.8. The third-order valence-corrected chi connectivity index (χ3v) is 6.48. The summed E-state index contributed by atoms with van der Waals surface area (Å²) >= 11 is 0. The van der Waals surface area contributed by atoms with Gasteiger partial charge in [0.25, 0.3) is 5.91 Å². The van der Waals surface area contributed by atoms with Crippen molar-refractivity contribution in [2.75, 3.05) is 13.2 Å². The molecule has 0 aliphatic carbocycles. The van der Waals surface area contributed by atoms with E-state index >= 15 is 0 Å². The lowest BCUT2D eigenvalue weighted by atomic mass is 9.90. The summed E-state index contributed by atoms with van der Waals surface area (Å²) < 4.78 is 55.8. The molecule has 1 unspecified atom stereocenters. The van der Waals surface area contributed by atoms with Crippen LogP contribution < -0.4 is 4.74 Å². The second-order valence-electron chi connectivity index (χ2n) is 9.28. The molecule has 6 nitrogen and oxygen atoms in total. The Labute approximate surface area is 225 Å². The molecule has 1 aliphatic heterocycles. The lowest BCUT2D eigenvalue weighted by Crippen LogP contribution is -2.51. The third kappa shape index (κ3) is 6.97. The summed E-state index contributed by atoms with van der Waals surface area (Å²) in [5.74, 6) is -0.776. The Morgan fingerprint density at radius 2 is 1.67 bits per heavy atom. The van der Waals surface area contributed by atoms with Gasteiger partial charge in [0.15, 0.2) is 6.10 Å². The van der Waals surface area contributed by atoms with Crippen LogP contribution in [0.5, 0.6) is 5.75 Å². The number of rotatable bonds is 9. The highest BCUT2D eigenvalue weighted by atomic mass is 19.4. The average Bonchev–Trinajstić information content (AvgIpc) is 2.92. The number of esters is 1. The van der Waals surface area contributed by atoms with Crippen molar-refractivity contribution in [2.45, 2.75) is 51.7 Å². The topological polar surface area (TPSA) is 65.1 Å². The molecule has 9 heteroatoms. The van der Waals surface area contributed by atoms with E-state index in [1.165, 1.54) is 17.0 Å². The van der Waals surface area contributed by atoms with Crippen molar-refractivity contribution >= 4 is 11.9 Å². The van der Waals surface area contributed by atoms with Crippen molar-refractivity contribution in [3.05, 3.63) is 101 Å². The highest BCUT2D eigenvalue weighted by Gasteiger charge is 2.41. The Kier molecular flexibility index (Phi) is 8.91. The molecule has 0 spiro atoms. The van der Waals surface area contributed by atoms with E-state index in [4.69, 9.17) is 14.2 Å². The van der Waals surface area contributed by atoms with E-state index in [-0.39, 0.29) is 25.1 Å². The molecule has 2 atom stereocenters. The van der Waals surface area contributed by atoms with E-state index in [1.807, 2.05) is 49.4 Å². The van der Waals surface area contributed by atoms with Gasteiger partial charge in [-0.2, -0.15) is 13.2 Å². The lowest BCUT2D eigenvalue weighted by molar-refractivity contribution is -0.193. The molecule has 4 rings (SSSR count). The molecule has 0 bridgehead atoms. The smallest absolute Gasteiger partial charge is 0.411 e. The fourth-order valence-corrected chi connectivity index (χ4v) is 4.63. The lowest BCUT2D eigenvalue weighted by Gasteiger charge is -2.38. The first-order valence-electron chi connectivity index (χ1n) is 12.7. The normalized spacial score (nSPS) is 15.8. The monoisotopic (exact) mass is 541 g/mol. The molecule has 206 valence electrons. The fraction of sp³-hybridized carbons (Fsp3) is 0.333. The SMILES string of the molecule is CCOC(=O)[C@@H]1Cc2c(ccc(C)c2OCc2ccccc2)CN1C(=O)C(OCC(F)(F)F)c1ccccc1. The zero-order chi connectivity index (χ0) is 28.0. The van der Waals surface area contributed by atoms with E-state index in [0.29, 0.717) is 12.4 Å². The van der Waals surface area contributed by atoms with Gasteiger partial charge in [-0.3, -0.25) is 4.79 Å². The highest BCUT2D eigenvalue weighted by Crippen LogP contribution is 2.36. The highest BCUT2D eigenvalue weighted by molar-refractivity contribution is 5.89. The molecule has 0 N–H and O–H groups in total. The van der Waals surface area contributed by atoms with Crippen LogP contribution in [-0.4, -0.2) is 42.2 Å². The van der Waals surface area contributed by atoms with E-state index in [9.17, 15) is 22.8 Å². The van der Waals surface area contributed by atoms with E-state index in [0.717, 1.165) is 22.3 Å². The molecule has 1 amide bonds. The molecule has 0 fully saturated rings. The molecule has 0 saturated heterocycles. The van der Waals surface area contributed by atoms with Crippen LogP contribution in [0.3, 0.4) is 0 Å². The largest absolute Gasteiger partial charge is 0.488 e. The van der Waals surface area contributed by atoms with Crippen LogP contribution in [0.15, 0.2) is 72.8 Å². The third-order valence-electron chi connectivity index (χ3n) is 6.48. The number of ether oxygens (including phenoxy) is 3. The van der Waals surface area contributed by atoms with Gasteiger partial charge >= 0.3 is 12.1 Å². The molecule has 1 aliphatic rings. The van der Waals surface area contributed by atoms with Crippen molar-refractivity contribution in [3.63, 3.8) is 0 Å². The summed E-state index contributed by atoms with van der Waals surface area (Å²) in [5.41, 5.74) is 3.59. The van der Waals surface area contributed by atoms with Crippen LogP contribution in [0.4, 0.5) is 13.2 Å². The maximum atomic E-state index is 13.8. The summed E-state index contributed by atoms with van der Waals surface area (Å²) in [6.45, 7) is 2.32. The fourth-order valence-electron chi connectivity index (χ4n) is 4.63. The van der Waals surface area contributed by atoms with Crippen LogP contribution in [0.1, 0.15) is 40.8 Å². The Morgan fingerprint density at radius 3 is 2.31 bits per heavy atom. The van der Waals surface area contributed by atoms with Gasteiger partial charge in [0.1, 0.15) is 25.0 Å². The number of carbonyl (C=O) groups is 2. The molecular formula is C30H30F3NO5. The van der Waals surface area contributed by atoms with Crippen molar-refractivity contribution in [1.82, 2.24) is 4.90 Å². The Morgan fingerprint density at radius 1 is 1.00 bits per heavy atom. The van der Waals surface area contributed by atoms with Gasteiger partial charge in [0, 0.05) is 18.5 Å². The second kappa shape index (κ2) is 12.3. The van der Waals surface area contributed by atoms with Gasteiger partial charge in [0.05, 0.1) is 6.61 Å². The first-order valence-corrected chi connectivity index (χ1v) is 12.7. The molecule has 39 heavy (non-hydrogen) atoms. The summed E-state index contributed by atoms with van der Waals surface area (Å²) in [7, 11) is 0. The molecule has 0 radical (unpaired) electrons. The Hall–Kier alpha value is -3.85. The van der Waals surface area contributed by atoms with Gasteiger partial charge in [-0.1, -0.05) is 72.8 Å². The molecule has 0 aromatic heterocycles. The number of alkyl halides is 3. The number of aryl methyl sites for hydroxylation is 1. The number of benzene rings is 3. The Balaban J connectivity index is 1.68. The molecule has 1 heterocycles. The van der Waals surface area contributed by atoms with Crippen molar-refractivity contribution in [1.29, 1.82) is 0 Å². The molecular weight excluding hydrogens is 511 g/mol. The maximum Gasteiger partial charge on any atom is 0.411 e. The number of fused-ring (bicyclic) bond motifs is 1. The quantitative estimate of drug-likeness (QED) is 0.325. The molecule has 3 aromatic rings. The van der Waals surface area contributed by atoms with Crippen molar-refractivity contribution in [2.24, 2.45) is 0 Å². The van der Waals surface area contributed by atoms with Gasteiger partial charge in [-0.15, -0.1) is 0 Å². The summed E-state index contributed by atoms with van der Waals surface area (Å²) in [6.07, 6.45) is -6.09. The number of halogens is 3. The summed E-state index contributed by atoms with van der Waals surface area (Å²) in [6, 6.07) is 20.2. The van der Waals surface area contributed by atoms with Crippen LogP contribution in [0.25, 0.3) is 0 Å². The van der Waals surface area contributed by atoms with E-state index < -0.39 is 36.8 Å². The average molecular weight is 542 g/mol. The van der Waals surface area contributed by atoms with Crippen molar-refractivity contribution < 1.29 is 37.0 Å².